The van der Waals surface area contributed by atoms with E-state index in [2.05, 4.69) is 10.2 Å². The van der Waals surface area contributed by atoms with Crippen molar-refractivity contribution in [3.63, 3.8) is 0 Å². The third-order valence-corrected chi connectivity index (χ3v) is 2.19. The van der Waals surface area contributed by atoms with E-state index in [0.29, 0.717) is 11.3 Å². The quantitative estimate of drug-likeness (QED) is 0.793. The second-order valence-corrected chi connectivity index (χ2v) is 3.51. The van der Waals surface area contributed by atoms with Crippen molar-refractivity contribution in [1.82, 2.24) is 10.2 Å². The summed E-state index contributed by atoms with van der Waals surface area (Å²) in [6, 6.07) is 6.82. The molecule has 0 atom stereocenters. The Hall–Kier alpha value is -1.78. The highest BCUT2D eigenvalue weighted by Gasteiger charge is 2.30. The number of halogens is 3. The van der Waals surface area contributed by atoms with Crippen molar-refractivity contribution in [2.45, 2.75) is 13.1 Å². The molecule has 2 aromatic rings. The van der Waals surface area contributed by atoms with Gasteiger partial charge in [0.05, 0.1) is 11.3 Å². The molecule has 2 rings (SSSR count). The number of aryl methyl sites for hydroxylation is 1. The molecule has 0 amide bonds. The van der Waals surface area contributed by atoms with E-state index in [4.69, 9.17) is 0 Å². The number of alkyl halides is 3. The van der Waals surface area contributed by atoms with Gasteiger partial charge in [-0.3, -0.25) is 5.10 Å². The van der Waals surface area contributed by atoms with Crippen molar-refractivity contribution in [2.24, 2.45) is 0 Å². The topological polar surface area (TPSA) is 28.7 Å². The number of aromatic amines is 1. The summed E-state index contributed by atoms with van der Waals surface area (Å²) in [5, 5.41) is 6.61. The number of H-pyrrole nitrogens is 1. The van der Waals surface area contributed by atoms with Crippen molar-refractivity contribution in [3.8, 4) is 11.3 Å². The van der Waals surface area contributed by atoms with Gasteiger partial charge in [-0.2, -0.15) is 18.3 Å². The largest absolute Gasteiger partial charge is 0.416 e. The molecule has 16 heavy (non-hydrogen) atoms. The molecule has 0 aliphatic heterocycles. The summed E-state index contributed by atoms with van der Waals surface area (Å²) >= 11 is 0. The van der Waals surface area contributed by atoms with E-state index in [1.54, 1.807) is 19.1 Å². The molecule has 0 unspecified atom stereocenters. The monoisotopic (exact) mass is 226 g/mol. The molecular formula is C11H9F3N2. The molecule has 2 nitrogen and oxygen atoms in total. The van der Waals surface area contributed by atoms with Gasteiger partial charge in [-0.05, 0) is 25.1 Å². The highest BCUT2D eigenvalue weighted by atomic mass is 19.4. The van der Waals surface area contributed by atoms with Crippen LogP contribution in [0.15, 0.2) is 30.3 Å². The van der Waals surface area contributed by atoms with Gasteiger partial charge in [0.2, 0.25) is 0 Å². The van der Waals surface area contributed by atoms with Crippen molar-refractivity contribution in [1.29, 1.82) is 0 Å². The number of nitrogens with zero attached hydrogens (tertiary/aromatic N) is 1. The second kappa shape index (κ2) is 3.66. The van der Waals surface area contributed by atoms with E-state index in [-0.39, 0.29) is 0 Å². The second-order valence-electron chi connectivity index (χ2n) is 3.51. The lowest BCUT2D eigenvalue weighted by atomic mass is 10.1. The van der Waals surface area contributed by atoms with Gasteiger partial charge < -0.3 is 0 Å². The van der Waals surface area contributed by atoms with E-state index in [1.165, 1.54) is 6.07 Å². The van der Waals surface area contributed by atoms with Gasteiger partial charge in [-0.15, -0.1) is 0 Å². The van der Waals surface area contributed by atoms with Gasteiger partial charge in [-0.1, -0.05) is 12.1 Å². The molecule has 1 aromatic heterocycles. The van der Waals surface area contributed by atoms with Crippen LogP contribution in [0.2, 0.25) is 0 Å². The van der Waals surface area contributed by atoms with E-state index in [1.807, 2.05) is 0 Å². The molecule has 0 aliphatic carbocycles. The fourth-order valence-corrected chi connectivity index (χ4v) is 1.42. The number of nitrogens with one attached hydrogen (secondary N) is 1. The summed E-state index contributed by atoms with van der Waals surface area (Å²) in [5.41, 5.74) is 1.13. The molecule has 0 bridgehead atoms. The smallest absolute Gasteiger partial charge is 0.282 e. The first kappa shape index (κ1) is 10.7. The Morgan fingerprint density at radius 1 is 1.19 bits per heavy atom. The maximum atomic E-state index is 12.5. The molecular weight excluding hydrogens is 217 g/mol. The lowest BCUT2D eigenvalue weighted by Crippen LogP contribution is -2.04. The average Bonchev–Trinajstić information content (AvgIpc) is 2.64. The van der Waals surface area contributed by atoms with Gasteiger partial charge in [0.15, 0.2) is 0 Å². The fourth-order valence-electron chi connectivity index (χ4n) is 1.42. The van der Waals surface area contributed by atoms with E-state index >= 15 is 0 Å². The zero-order valence-corrected chi connectivity index (χ0v) is 8.47. The van der Waals surface area contributed by atoms with Crippen LogP contribution in [0.1, 0.15) is 11.3 Å². The minimum Gasteiger partial charge on any atom is -0.282 e. The Morgan fingerprint density at radius 2 is 1.94 bits per heavy atom. The Balaban J connectivity index is 2.44. The molecule has 84 valence electrons. The molecule has 0 saturated carbocycles. The molecule has 1 heterocycles. The van der Waals surface area contributed by atoms with Crippen LogP contribution in [0.3, 0.4) is 0 Å². The van der Waals surface area contributed by atoms with Crippen molar-refractivity contribution in [2.75, 3.05) is 0 Å². The van der Waals surface area contributed by atoms with Crippen LogP contribution >= 0.6 is 0 Å². The molecule has 0 radical (unpaired) electrons. The minimum atomic E-state index is -4.32. The summed E-state index contributed by atoms with van der Waals surface area (Å²) in [5.74, 6) is 0. The summed E-state index contributed by atoms with van der Waals surface area (Å²) in [4.78, 5) is 0. The summed E-state index contributed by atoms with van der Waals surface area (Å²) in [6.45, 7) is 1.80. The predicted molar refractivity (Wildman–Crippen MR) is 53.8 cm³/mol. The van der Waals surface area contributed by atoms with Gasteiger partial charge >= 0.3 is 6.18 Å². The predicted octanol–water partition coefficient (Wildman–Crippen LogP) is 3.40. The maximum Gasteiger partial charge on any atom is 0.416 e. The Bertz CT molecular complexity index is 500. The first-order chi connectivity index (χ1) is 7.47. The van der Waals surface area contributed by atoms with Crippen LogP contribution in [0, 0.1) is 6.92 Å². The number of hydrogen-bond donors (Lipinski definition) is 1. The first-order valence-electron chi connectivity index (χ1n) is 4.66. The molecule has 0 aliphatic rings. The average molecular weight is 226 g/mol. The number of hydrogen-bond acceptors (Lipinski definition) is 1. The lowest BCUT2D eigenvalue weighted by Gasteiger charge is -2.07. The molecule has 0 saturated heterocycles. The first-order valence-corrected chi connectivity index (χ1v) is 4.66. The summed E-state index contributed by atoms with van der Waals surface area (Å²) < 4.78 is 37.4. The molecule has 5 heteroatoms. The minimum absolute atomic E-state index is 0.458. The van der Waals surface area contributed by atoms with Crippen molar-refractivity contribution in [3.05, 3.63) is 41.6 Å². The van der Waals surface area contributed by atoms with Crippen molar-refractivity contribution >= 4 is 0 Å². The van der Waals surface area contributed by atoms with Crippen LogP contribution < -0.4 is 0 Å². The third-order valence-electron chi connectivity index (χ3n) is 2.19. The zero-order valence-electron chi connectivity index (χ0n) is 8.47. The van der Waals surface area contributed by atoms with Gasteiger partial charge in [-0.25, -0.2) is 0 Å². The van der Waals surface area contributed by atoms with Crippen LogP contribution in [-0.2, 0) is 6.18 Å². The van der Waals surface area contributed by atoms with Crippen LogP contribution in [0.4, 0.5) is 13.2 Å². The molecule has 1 aromatic carbocycles. The fraction of sp³-hybridized carbons (Fsp3) is 0.182. The number of aromatic nitrogens is 2. The molecule has 1 N–H and O–H groups in total. The number of rotatable bonds is 1. The van der Waals surface area contributed by atoms with Gasteiger partial charge in [0.25, 0.3) is 0 Å². The normalized spacial score (nSPS) is 11.8. The summed E-state index contributed by atoms with van der Waals surface area (Å²) in [6.07, 6.45) is -4.32. The standard InChI is InChI=1S/C11H9F3N2/c1-7-5-10(16-15-7)8-3-2-4-9(6-8)11(12,13)14/h2-6H,1H3,(H,15,16). The van der Waals surface area contributed by atoms with Crippen molar-refractivity contribution < 1.29 is 13.2 Å². The number of benzene rings is 1. The lowest BCUT2D eigenvalue weighted by molar-refractivity contribution is -0.137. The van der Waals surface area contributed by atoms with E-state index < -0.39 is 11.7 Å². The van der Waals surface area contributed by atoms with E-state index in [9.17, 15) is 13.2 Å². The Morgan fingerprint density at radius 3 is 2.50 bits per heavy atom. The highest BCUT2D eigenvalue weighted by Crippen LogP contribution is 2.31. The Kier molecular flexibility index (Phi) is 2.46. The Labute approximate surface area is 90.1 Å². The molecule has 0 spiro atoms. The van der Waals surface area contributed by atoms with Gasteiger partial charge in [0, 0.05) is 11.3 Å². The third kappa shape index (κ3) is 2.08. The van der Waals surface area contributed by atoms with Gasteiger partial charge in [0.1, 0.15) is 0 Å². The molecule has 0 fully saturated rings. The highest BCUT2D eigenvalue weighted by molar-refractivity contribution is 5.60. The SMILES string of the molecule is Cc1cc(-c2cccc(C(F)(F)F)c2)n[nH]1. The van der Waals surface area contributed by atoms with Crippen LogP contribution in [0.5, 0.6) is 0 Å². The maximum absolute atomic E-state index is 12.5. The van der Waals surface area contributed by atoms with Crippen LogP contribution in [0.25, 0.3) is 11.3 Å². The zero-order chi connectivity index (χ0) is 11.8. The van der Waals surface area contributed by atoms with Crippen LogP contribution in [-0.4, -0.2) is 10.2 Å². The van der Waals surface area contributed by atoms with E-state index in [0.717, 1.165) is 17.8 Å². The summed E-state index contributed by atoms with van der Waals surface area (Å²) in [7, 11) is 0.